The number of carboxylic acid groups (broad SMARTS) is 1. The highest BCUT2D eigenvalue weighted by Gasteiger charge is 2.56. The molecule has 0 aromatic heterocycles. The predicted octanol–water partition coefficient (Wildman–Crippen LogP) is 1.52. The average Bonchev–Trinajstić information content (AvgIpc) is 3.02. The van der Waals surface area contributed by atoms with Gasteiger partial charge in [0.25, 0.3) is 0 Å². The number of ether oxygens (including phenoxy) is 1. The second kappa shape index (κ2) is 4.72. The first-order valence-electron chi connectivity index (χ1n) is 7.58. The van der Waals surface area contributed by atoms with Crippen molar-refractivity contribution >= 4 is 11.9 Å². The van der Waals surface area contributed by atoms with Crippen LogP contribution in [0.1, 0.15) is 39.0 Å². The summed E-state index contributed by atoms with van der Waals surface area (Å²) in [7, 11) is 0. The Morgan fingerprint density at radius 1 is 1.25 bits per heavy atom. The Balaban J connectivity index is 1.80. The molecule has 5 heteroatoms. The lowest BCUT2D eigenvalue weighted by atomic mass is 9.74. The van der Waals surface area contributed by atoms with E-state index < -0.39 is 11.4 Å². The molecule has 20 heavy (non-hydrogen) atoms. The summed E-state index contributed by atoms with van der Waals surface area (Å²) in [6.07, 6.45) is 4.60. The molecule has 1 amide bonds. The van der Waals surface area contributed by atoms with Crippen molar-refractivity contribution in [3.8, 4) is 0 Å². The molecule has 112 valence electrons. The third-order valence-corrected chi connectivity index (χ3v) is 5.64. The SMILES string of the molecule is CC1(C(=O)N2C[C@@H]3COCC[C@]3(C(=O)O)C2)CCCC1. The largest absolute Gasteiger partial charge is 0.481 e. The lowest BCUT2D eigenvalue weighted by molar-refractivity contribution is -0.157. The third kappa shape index (κ3) is 1.94. The minimum absolute atomic E-state index is 0.0531. The molecule has 0 bridgehead atoms. The number of fused-ring (bicyclic) bond motifs is 1. The fraction of sp³-hybridized carbons (Fsp3) is 0.867. The smallest absolute Gasteiger partial charge is 0.311 e. The van der Waals surface area contributed by atoms with Crippen molar-refractivity contribution in [2.45, 2.75) is 39.0 Å². The highest BCUT2D eigenvalue weighted by atomic mass is 16.5. The molecule has 5 nitrogen and oxygen atoms in total. The second-order valence-corrected chi connectivity index (χ2v) is 6.94. The average molecular weight is 281 g/mol. The molecule has 0 spiro atoms. The van der Waals surface area contributed by atoms with Crippen molar-refractivity contribution < 1.29 is 19.4 Å². The van der Waals surface area contributed by atoms with Gasteiger partial charge < -0.3 is 14.7 Å². The van der Waals surface area contributed by atoms with Crippen molar-refractivity contribution in [2.75, 3.05) is 26.3 Å². The Kier molecular flexibility index (Phi) is 3.27. The highest BCUT2D eigenvalue weighted by molar-refractivity contribution is 5.85. The van der Waals surface area contributed by atoms with Crippen LogP contribution in [-0.2, 0) is 14.3 Å². The molecule has 2 saturated heterocycles. The van der Waals surface area contributed by atoms with Crippen LogP contribution in [0.5, 0.6) is 0 Å². The van der Waals surface area contributed by atoms with Gasteiger partial charge in [-0.05, 0) is 19.3 Å². The van der Waals surface area contributed by atoms with Crippen LogP contribution in [0.15, 0.2) is 0 Å². The minimum atomic E-state index is -0.775. The molecule has 3 aliphatic rings. The Labute approximate surface area is 119 Å². The third-order valence-electron chi connectivity index (χ3n) is 5.64. The number of aliphatic carboxylic acids is 1. The molecule has 3 fully saturated rings. The number of carbonyl (C=O) groups is 2. The zero-order valence-corrected chi connectivity index (χ0v) is 12.1. The van der Waals surface area contributed by atoms with Crippen molar-refractivity contribution in [2.24, 2.45) is 16.7 Å². The van der Waals surface area contributed by atoms with E-state index in [0.29, 0.717) is 32.7 Å². The number of hydrogen-bond acceptors (Lipinski definition) is 3. The van der Waals surface area contributed by atoms with Gasteiger partial charge in [-0.1, -0.05) is 19.8 Å². The molecule has 0 aromatic carbocycles. The number of hydrogen-bond donors (Lipinski definition) is 1. The molecule has 2 heterocycles. The van der Waals surface area contributed by atoms with E-state index >= 15 is 0 Å². The zero-order chi connectivity index (χ0) is 14.4. The van der Waals surface area contributed by atoms with Gasteiger partial charge in [-0.3, -0.25) is 9.59 Å². The van der Waals surface area contributed by atoms with Gasteiger partial charge in [0.15, 0.2) is 0 Å². The Morgan fingerprint density at radius 2 is 1.95 bits per heavy atom. The van der Waals surface area contributed by atoms with Gasteiger partial charge in [0.2, 0.25) is 5.91 Å². The van der Waals surface area contributed by atoms with E-state index in [1.807, 2.05) is 6.92 Å². The maximum Gasteiger partial charge on any atom is 0.311 e. The number of nitrogens with zero attached hydrogens (tertiary/aromatic N) is 1. The van der Waals surface area contributed by atoms with E-state index in [1.165, 1.54) is 0 Å². The monoisotopic (exact) mass is 281 g/mol. The molecule has 0 aromatic rings. The van der Waals surface area contributed by atoms with Gasteiger partial charge >= 0.3 is 5.97 Å². The van der Waals surface area contributed by atoms with Crippen LogP contribution >= 0.6 is 0 Å². The first-order chi connectivity index (χ1) is 9.48. The van der Waals surface area contributed by atoms with E-state index in [4.69, 9.17) is 4.74 Å². The van der Waals surface area contributed by atoms with Crippen LogP contribution in [-0.4, -0.2) is 48.2 Å². The first kappa shape index (κ1) is 13.9. The van der Waals surface area contributed by atoms with Crippen molar-refractivity contribution in [3.63, 3.8) is 0 Å². The maximum atomic E-state index is 12.8. The van der Waals surface area contributed by atoms with Crippen molar-refractivity contribution in [1.82, 2.24) is 4.90 Å². The van der Waals surface area contributed by atoms with Crippen LogP contribution in [0.3, 0.4) is 0 Å². The molecule has 0 unspecified atom stereocenters. The lowest BCUT2D eigenvalue weighted by Crippen LogP contribution is -2.45. The van der Waals surface area contributed by atoms with Crippen LogP contribution in [0.4, 0.5) is 0 Å². The molecular weight excluding hydrogens is 258 g/mol. The second-order valence-electron chi connectivity index (χ2n) is 6.94. The maximum absolute atomic E-state index is 12.8. The summed E-state index contributed by atoms with van der Waals surface area (Å²) in [6, 6.07) is 0. The Bertz CT molecular complexity index is 430. The Morgan fingerprint density at radius 3 is 2.55 bits per heavy atom. The van der Waals surface area contributed by atoms with E-state index in [9.17, 15) is 14.7 Å². The molecule has 1 aliphatic carbocycles. The quantitative estimate of drug-likeness (QED) is 0.833. The summed E-state index contributed by atoms with van der Waals surface area (Å²) in [5, 5.41) is 9.63. The zero-order valence-electron chi connectivity index (χ0n) is 12.1. The predicted molar refractivity (Wildman–Crippen MR) is 72.1 cm³/mol. The number of likely N-dealkylation sites (tertiary alicyclic amines) is 1. The van der Waals surface area contributed by atoms with Crippen LogP contribution in [0, 0.1) is 16.7 Å². The fourth-order valence-electron chi connectivity index (χ4n) is 4.21. The summed E-state index contributed by atoms with van der Waals surface area (Å²) in [5.41, 5.74) is -1.04. The molecule has 3 rings (SSSR count). The van der Waals surface area contributed by atoms with Crippen molar-refractivity contribution in [3.05, 3.63) is 0 Å². The summed E-state index contributed by atoms with van der Waals surface area (Å²) < 4.78 is 5.44. The molecule has 0 radical (unpaired) electrons. The van der Waals surface area contributed by atoms with Gasteiger partial charge in [-0.15, -0.1) is 0 Å². The number of carboxylic acids is 1. The van der Waals surface area contributed by atoms with E-state index in [-0.39, 0.29) is 17.2 Å². The van der Waals surface area contributed by atoms with Gasteiger partial charge in [0.05, 0.1) is 12.0 Å². The minimum Gasteiger partial charge on any atom is -0.481 e. The molecule has 2 atom stereocenters. The Hall–Kier alpha value is -1.10. The molecular formula is C15H23NO4. The van der Waals surface area contributed by atoms with Gasteiger partial charge in [-0.2, -0.15) is 0 Å². The molecule has 2 aliphatic heterocycles. The normalized spacial score (nSPS) is 35.9. The van der Waals surface area contributed by atoms with Crippen LogP contribution < -0.4 is 0 Å². The van der Waals surface area contributed by atoms with Gasteiger partial charge in [0, 0.05) is 31.0 Å². The van der Waals surface area contributed by atoms with Gasteiger partial charge in [0.1, 0.15) is 0 Å². The van der Waals surface area contributed by atoms with Gasteiger partial charge in [-0.25, -0.2) is 0 Å². The number of carbonyl (C=O) groups excluding carboxylic acids is 1. The van der Waals surface area contributed by atoms with E-state index in [0.717, 1.165) is 25.7 Å². The highest BCUT2D eigenvalue weighted by Crippen LogP contribution is 2.46. The number of amides is 1. The number of rotatable bonds is 2. The van der Waals surface area contributed by atoms with E-state index in [1.54, 1.807) is 4.90 Å². The lowest BCUT2D eigenvalue weighted by Gasteiger charge is -2.34. The summed E-state index contributed by atoms with van der Waals surface area (Å²) >= 11 is 0. The van der Waals surface area contributed by atoms with Crippen LogP contribution in [0.2, 0.25) is 0 Å². The summed E-state index contributed by atoms with van der Waals surface area (Å²) in [6.45, 7) is 3.90. The summed E-state index contributed by atoms with van der Waals surface area (Å²) in [4.78, 5) is 26.3. The van der Waals surface area contributed by atoms with Crippen LogP contribution in [0.25, 0.3) is 0 Å². The molecule has 1 N–H and O–H groups in total. The standard InChI is InChI=1S/C15H23NO4/c1-14(4-2-3-5-14)12(17)16-8-11-9-20-7-6-15(11,10-16)13(18)19/h11H,2-10H2,1H3,(H,18,19)/t11-,15+/m1/s1. The van der Waals surface area contributed by atoms with E-state index in [2.05, 4.69) is 0 Å². The fourth-order valence-corrected chi connectivity index (χ4v) is 4.21. The van der Waals surface area contributed by atoms with Crippen molar-refractivity contribution in [1.29, 1.82) is 0 Å². The summed E-state index contributed by atoms with van der Waals surface area (Å²) in [5.74, 6) is -0.662. The topological polar surface area (TPSA) is 66.8 Å². The molecule has 1 saturated carbocycles. The first-order valence-corrected chi connectivity index (χ1v) is 7.58.